The van der Waals surface area contributed by atoms with Crippen LogP contribution in [0, 0.1) is 24.7 Å². The first-order valence-corrected chi connectivity index (χ1v) is 14.8. The molecule has 1 N–H and O–H groups in total. The third-order valence-electron chi connectivity index (χ3n) is 7.32. The smallest absolute Gasteiger partial charge is 0.487 e. The second kappa shape index (κ2) is 13.3. The number of phosphoric acid groups is 1. The van der Waals surface area contributed by atoms with Crippen molar-refractivity contribution in [2.45, 2.75) is 118 Å². The normalized spacial score (nSPS) is 21.4. The Morgan fingerprint density at radius 3 is 2.21 bits per heavy atom. The molecule has 1 heterocycles. The highest BCUT2D eigenvalue weighted by molar-refractivity contribution is 7.47. The zero-order chi connectivity index (χ0) is 25.4. The van der Waals surface area contributed by atoms with Gasteiger partial charge in [-0.1, -0.05) is 72.6 Å². The topological polar surface area (TPSA) is 65.0 Å². The molecule has 0 saturated carbocycles. The van der Waals surface area contributed by atoms with Crippen molar-refractivity contribution in [3.8, 4) is 11.5 Å². The van der Waals surface area contributed by atoms with Gasteiger partial charge in [0.1, 0.15) is 17.1 Å². The molecule has 0 amide bonds. The van der Waals surface area contributed by atoms with Crippen LogP contribution in [0.15, 0.2) is 12.1 Å². The van der Waals surface area contributed by atoms with Gasteiger partial charge in [0.25, 0.3) is 0 Å². The Morgan fingerprint density at radius 1 is 1.03 bits per heavy atom. The monoisotopic (exact) mass is 496 g/mol. The molecule has 0 aliphatic carbocycles. The van der Waals surface area contributed by atoms with E-state index in [9.17, 15) is 9.46 Å². The molecule has 0 aromatic heterocycles. The molecule has 34 heavy (non-hydrogen) atoms. The van der Waals surface area contributed by atoms with E-state index >= 15 is 0 Å². The summed E-state index contributed by atoms with van der Waals surface area (Å²) in [6, 6.07) is 3.55. The van der Waals surface area contributed by atoms with Crippen molar-refractivity contribution in [2.24, 2.45) is 17.8 Å². The van der Waals surface area contributed by atoms with Gasteiger partial charge in [0.15, 0.2) is 0 Å². The van der Waals surface area contributed by atoms with Crippen molar-refractivity contribution in [3.05, 3.63) is 23.3 Å². The van der Waals surface area contributed by atoms with E-state index < -0.39 is 7.82 Å². The minimum atomic E-state index is -4.06. The lowest BCUT2D eigenvalue weighted by Crippen LogP contribution is -2.36. The van der Waals surface area contributed by atoms with E-state index in [1.165, 1.54) is 51.4 Å². The van der Waals surface area contributed by atoms with Crippen LogP contribution in [0.1, 0.15) is 110 Å². The molecule has 1 aromatic carbocycles. The highest BCUT2D eigenvalue weighted by Gasteiger charge is 2.33. The van der Waals surface area contributed by atoms with Crippen LogP contribution in [0.2, 0.25) is 0 Å². The molecule has 5 nitrogen and oxygen atoms in total. The van der Waals surface area contributed by atoms with Crippen molar-refractivity contribution in [3.63, 3.8) is 0 Å². The summed E-state index contributed by atoms with van der Waals surface area (Å²) in [7, 11) is -2.90. The molecule has 1 aliphatic heterocycles. The summed E-state index contributed by atoms with van der Waals surface area (Å²) >= 11 is 0. The van der Waals surface area contributed by atoms with E-state index in [4.69, 9.17) is 9.26 Å². The van der Waals surface area contributed by atoms with Gasteiger partial charge in [-0.2, -0.15) is 0 Å². The van der Waals surface area contributed by atoms with Crippen LogP contribution in [0.25, 0.3) is 0 Å². The van der Waals surface area contributed by atoms with Crippen molar-refractivity contribution < 1.29 is 23.2 Å². The summed E-state index contributed by atoms with van der Waals surface area (Å²) in [5, 5.41) is 0. The highest BCUT2D eigenvalue weighted by atomic mass is 31.2. The molecular formula is C28H49O5P. The quantitative estimate of drug-likeness (QED) is 0.246. The van der Waals surface area contributed by atoms with Crippen molar-refractivity contribution in [1.82, 2.24) is 0 Å². The van der Waals surface area contributed by atoms with Gasteiger partial charge >= 0.3 is 7.82 Å². The third-order valence-corrected chi connectivity index (χ3v) is 8.23. The molecule has 6 heteroatoms. The summed E-state index contributed by atoms with van der Waals surface area (Å²) in [5.74, 6) is 3.69. The molecule has 3 unspecified atom stereocenters. The summed E-state index contributed by atoms with van der Waals surface area (Å²) < 4.78 is 27.9. The molecule has 2 rings (SSSR count). The SMILES string of the molecule is COP(=O)(O)Oc1cc(C)c2c(c1)CC[C@](C)(CCCC(C)CCCC(C)CCCC(C)C)O2. The Kier molecular flexibility index (Phi) is 11.4. The maximum Gasteiger partial charge on any atom is 0.527 e. The molecule has 1 aromatic rings. The first kappa shape index (κ1) is 29.2. The molecule has 1 aliphatic rings. The number of rotatable bonds is 15. The standard InChI is InChI=1S/C28H49O5P/c1-21(2)11-8-12-22(3)13-9-14-23(4)15-10-17-28(6)18-16-25-20-26(33-34(29,30)31-7)19-24(5)27(25)32-28/h19-23H,8-18H2,1-7H3,(H,29,30)/t22?,23?,28-/m0/s1. The molecular weight excluding hydrogens is 447 g/mol. The van der Waals surface area contributed by atoms with Gasteiger partial charge in [0.2, 0.25) is 0 Å². The van der Waals surface area contributed by atoms with Crippen molar-refractivity contribution >= 4 is 7.82 Å². The molecule has 0 radical (unpaired) electrons. The van der Waals surface area contributed by atoms with E-state index in [1.54, 1.807) is 12.1 Å². The molecule has 196 valence electrons. The Labute approximate surface area is 208 Å². The van der Waals surface area contributed by atoms with E-state index in [0.29, 0.717) is 5.75 Å². The summed E-state index contributed by atoms with van der Waals surface area (Å²) in [4.78, 5) is 9.61. The Balaban J connectivity index is 1.76. The van der Waals surface area contributed by atoms with Gasteiger partial charge in [0.05, 0.1) is 0 Å². The predicted octanol–water partition coefficient (Wildman–Crippen LogP) is 8.64. The Morgan fingerprint density at radius 2 is 1.62 bits per heavy atom. The number of hydrogen-bond donors (Lipinski definition) is 1. The summed E-state index contributed by atoms with van der Waals surface area (Å²) in [5.41, 5.74) is 1.79. The van der Waals surface area contributed by atoms with E-state index in [2.05, 4.69) is 39.1 Å². The van der Waals surface area contributed by atoms with Crippen LogP contribution in [0.4, 0.5) is 0 Å². The lowest BCUT2D eigenvalue weighted by molar-refractivity contribution is 0.0515. The summed E-state index contributed by atoms with van der Waals surface area (Å²) in [6.45, 7) is 13.6. The summed E-state index contributed by atoms with van der Waals surface area (Å²) in [6.07, 6.45) is 13.4. The van der Waals surface area contributed by atoms with Gasteiger partial charge < -0.3 is 9.26 Å². The average molecular weight is 497 g/mol. The van der Waals surface area contributed by atoms with Crippen molar-refractivity contribution in [1.29, 1.82) is 0 Å². The minimum absolute atomic E-state index is 0.163. The number of hydrogen-bond acceptors (Lipinski definition) is 4. The molecule has 0 saturated heterocycles. The van der Waals surface area contributed by atoms with Gasteiger partial charge in [0, 0.05) is 7.11 Å². The molecule has 0 spiro atoms. The lowest BCUT2D eigenvalue weighted by Gasteiger charge is -2.37. The van der Waals surface area contributed by atoms with Crippen LogP contribution in [-0.2, 0) is 15.5 Å². The fourth-order valence-electron chi connectivity index (χ4n) is 5.04. The zero-order valence-corrected chi connectivity index (χ0v) is 23.6. The lowest BCUT2D eigenvalue weighted by atomic mass is 9.85. The predicted molar refractivity (Wildman–Crippen MR) is 141 cm³/mol. The van der Waals surface area contributed by atoms with Gasteiger partial charge in [-0.3, -0.25) is 9.42 Å². The first-order valence-electron chi connectivity index (χ1n) is 13.3. The highest BCUT2D eigenvalue weighted by Crippen LogP contribution is 2.46. The molecule has 4 atom stereocenters. The average Bonchev–Trinajstić information content (AvgIpc) is 2.74. The first-order chi connectivity index (χ1) is 15.9. The molecule has 0 bridgehead atoms. The minimum Gasteiger partial charge on any atom is -0.487 e. The number of aryl methyl sites for hydroxylation is 2. The maximum atomic E-state index is 11.8. The largest absolute Gasteiger partial charge is 0.527 e. The second-order valence-electron chi connectivity index (χ2n) is 11.4. The fraction of sp³-hybridized carbons (Fsp3) is 0.786. The van der Waals surface area contributed by atoms with Gasteiger partial charge in [-0.25, -0.2) is 4.57 Å². The van der Waals surface area contributed by atoms with Gasteiger partial charge in [-0.15, -0.1) is 0 Å². The van der Waals surface area contributed by atoms with Gasteiger partial charge in [-0.05, 0) is 80.5 Å². The number of ether oxygens (including phenoxy) is 1. The second-order valence-corrected chi connectivity index (χ2v) is 12.9. The Bertz CT molecular complexity index is 808. The number of benzene rings is 1. The van der Waals surface area contributed by atoms with Crippen LogP contribution >= 0.6 is 7.82 Å². The third kappa shape index (κ3) is 9.91. The number of phosphoric ester groups is 1. The van der Waals surface area contributed by atoms with E-state index in [-0.39, 0.29) is 5.60 Å². The van der Waals surface area contributed by atoms with E-state index in [0.717, 1.165) is 61.0 Å². The maximum absolute atomic E-state index is 11.8. The van der Waals surface area contributed by atoms with E-state index in [1.807, 2.05) is 6.92 Å². The van der Waals surface area contributed by atoms with Crippen LogP contribution in [0.5, 0.6) is 11.5 Å². The zero-order valence-electron chi connectivity index (χ0n) is 22.7. The van der Waals surface area contributed by atoms with Crippen LogP contribution < -0.4 is 9.26 Å². The Hall–Kier alpha value is -1.03. The number of fused-ring (bicyclic) bond motifs is 1. The molecule has 0 fully saturated rings. The van der Waals surface area contributed by atoms with Crippen molar-refractivity contribution in [2.75, 3.05) is 7.11 Å². The van der Waals surface area contributed by atoms with Crippen LogP contribution in [-0.4, -0.2) is 17.6 Å². The fourth-order valence-corrected chi connectivity index (χ4v) is 5.49. The van der Waals surface area contributed by atoms with Crippen LogP contribution in [0.3, 0.4) is 0 Å².